The number of ether oxygens (including phenoxy) is 1. The van der Waals surface area contributed by atoms with E-state index in [1.807, 2.05) is 5.32 Å². The monoisotopic (exact) mass is 519 g/mol. The smallest absolute Gasteiger partial charge is 0.288 e. The lowest BCUT2D eigenvalue weighted by Crippen LogP contribution is -2.30. The van der Waals surface area contributed by atoms with E-state index in [9.17, 15) is 9.59 Å². The Morgan fingerprint density at radius 3 is 2.76 bits per heavy atom. The number of nitrogens with zero attached hydrogens (tertiary/aromatic N) is 5. The Kier molecular flexibility index (Phi) is 6.20. The standard InChI is InChI=1S/C17H11Br2N7O3/c1-26(25-13(6-20)16(28)24-8-27)9-4-11(18)14(12(19)5-9)29-17-10-2-3-21-15(10)22-7-23-17/h2-5,7-8H,1H3,(H,21,22,23)(H,24,27,28)/b25-13-. The maximum Gasteiger partial charge on any atom is 0.288 e. The van der Waals surface area contributed by atoms with E-state index in [1.165, 1.54) is 11.3 Å². The number of aromatic nitrogens is 3. The highest BCUT2D eigenvalue weighted by molar-refractivity contribution is 9.11. The van der Waals surface area contributed by atoms with Gasteiger partial charge in [0.15, 0.2) is 5.75 Å². The molecule has 2 N–H and O–H groups in total. The zero-order valence-electron chi connectivity index (χ0n) is 14.7. The summed E-state index contributed by atoms with van der Waals surface area (Å²) in [5.41, 5.74) is 0.714. The average Bonchev–Trinajstić information content (AvgIpc) is 3.18. The number of rotatable bonds is 6. The molecule has 0 aliphatic heterocycles. The number of H-pyrrole nitrogens is 1. The Morgan fingerprint density at radius 1 is 1.38 bits per heavy atom. The number of nitriles is 1. The number of nitrogens with one attached hydrogen (secondary N) is 2. The molecule has 1 aromatic carbocycles. The van der Waals surface area contributed by atoms with Gasteiger partial charge in [-0.1, -0.05) is 0 Å². The molecule has 0 fully saturated rings. The van der Waals surface area contributed by atoms with Crippen molar-refractivity contribution in [3.63, 3.8) is 0 Å². The first-order chi connectivity index (χ1) is 13.9. The van der Waals surface area contributed by atoms with Gasteiger partial charge in [0.05, 0.1) is 20.0 Å². The van der Waals surface area contributed by atoms with Gasteiger partial charge in [-0.2, -0.15) is 10.4 Å². The summed E-state index contributed by atoms with van der Waals surface area (Å²) in [6.45, 7) is 0. The van der Waals surface area contributed by atoms with E-state index in [0.717, 1.165) is 5.39 Å². The zero-order valence-corrected chi connectivity index (χ0v) is 17.9. The van der Waals surface area contributed by atoms with Gasteiger partial charge in [-0.05, 0) is 50.1 Å². The molecule has 0 unspecified atom stereocenters. The number of aromatic amines is 1. The van der Waals surface area contributed by atoms with Gasteiger partial charge in [0.2, 0.25) is 18.0 Å². The number of hydrogen-bond acceptors (Lipinski definition) is 8. The molecule has 12 heteroatoms. The van der Waals surface area contributed by atoms with E-state index in [4.69, 9.17) is 10.00 Å². The fraction of sp³-hybridized carbons (Fsp3) is 0.0588. The second-order valence-corrected chi connectivity index (χ2v) is 7.14. The largest absolute Gasteiger partial charge is 0.436 e. The summed E-state index contributed by atoms with van der Waals surface area (Å²) in [4.78, 5) is 33.3. The van der Waals surface area contributed by atoms with Crippen molar-refractivity contribution < 1.29 is 14.3 Å². The number of imide groups is 1. The number of carbonyl (C=O) groups is 2. The lowest BCUT2D eigenvalue weighted by atomic mass is 10.3. The van der Waals surface area contributed by atoms with Crippen LogP contribution < -0.4 is 15.1 Å². The van der Waals surface area contributed by atoms with E-state index in [1.54, 1.807) is 37.5 Å². The van der Waals surface area contributed by atoms with Crippen molar-refractivity contribution in [2.24, 2.45) is 5.10 Å². The van der Waals surface area contributed by atoms with Crippen molar-refractivity contribution >= 4 is 66.6 Å². The minimum Gasteiger partial charge on any atom is -0.436 e. The molecule has 0 spiro atoms. The van der Waals surface area contributed by atoms with Gasteiger partial charge >= 0.3 is 0 Å². The molecular weight excluding hydrogens is 510 g/mol. The van der Waals surface area contributed by atoms with Crippen LogP contribution in [0.15, 0.2) is 44.8 Å². The van der Waals surface area contributed by atoms with Crippen LogP contribution in [-0.2, 0) is 9.59 Å². The van der Waals surface area contributed by atoms with Crippen LogP contribution in [0, 0.1) is 11.3 Å². The quantitative estimate of drug-likeness (QED) is 0.289. The number of hydrogen-bond donors (Lipinski definition) is 2. The van der Waals surface area contributed by atoms with Crippen LogP contribution in [0.3, 0.4) is 0 Å². The first-order valence-corrected chi connectivity index (χ1v) is 9.45. The normalized spacial score (nSPS) is 11.0. The van der Waals surface area contributed by atoms with Gasteiger partial charge in [-0.15, -0.1) is 0 Å². The average molecular weight is 521 g/mol. The molecule has 2 heterocycles. The number of carbonyl (C=O) groups excluding carboxylic acids is 2. The molecule has 0 bridgehead atoms. The molecule has 0 aliphatic rings. The van der Waals surface area contributed by atoms with E-state index in [2.05, 4.69) is 51.9 Å². The molecule has 2 amide bonds. The third-order valence-corrected chi connectivity index (χ3v) is 4.81. The van der Waals surface area contributed by atoms with E-state index >= 15 is 0 Å². The van der Waals surface area contributed by atoms with Crippen LogP contribution in [0.4, 0.5) is 5.69 Å². The molecule has 29 heavy (non-hydrogen) atoms. The van der Waals surface area contributed by atoms with Gasteiger partial charge in [-0.3, -0.25) is 19.9 Å². The molecule has 3 rings (SSSR count). The summed E-state index contributed by atoms with van der Waals surface area (Å²) < 4.78 is 7.09. The van der Waals surface area contributed by atoms with Crippen molar-refractivity contribution in [3.8, 4) is 17.7 Å². The topological polar surface area (TPSA) is 136 Å². The number of benzene rings is 1. The van der Waals surface area contributed by atoms with Crippen molar-refractivity contribution in [2.75, 3.05) is 12.1 Å². The number of halogens is 2. The lowest BCUT2D eigenvalue weighted by molar-refractivity contribution is -0.120. The van der Waals surface area contributed by atoms with E-state index in [0.29, 0.717) is 31.9 Å². The molecule has 0 atom stereocenters. The Bertz CT molecular complexity index is 1150. The van der Waals surface area contributed by atoms with Crippen LogP contribution in [0.2, 0.25) is 0 Å². The number of hydrazone groups is 1. The Labute approximate surface area is 180 Å². The zero-order chi connectivity index (χ0) is 21.0. The molecule has 3 aromatic rings. The highest BCUT2D eigenvalue weighted by Crippen LogP contribution is 2.40. The third kappa shape index (κ3) is 4.41. The second kappa shape index (κ2) is 8.80. The van der Waals surface area contributed by atoms with Crippen LogP contribution in [0.1, 0.15) is 0 Å². The van der Waals surface area contributed by atoms with E-state index < -0.39 is 11.6 Å². The minimum absolute atomic E-state index is 0.184. The highest BCUT2D eigenvalue weighted by Gasteiger charge is 2.17. The van der Waals surface area contributed by atoms with Crippen LogP contribution in [0.25, 0.3) is 11.0 Å². The van der Waals surface area contributed by atoms with Crippen molar-refractivity contribution in [3.05, 3.63) is 39.7 Å². The van der Waals surface area contributed by atoms with Gasteiger partial charge < -0.3 is 9.72 Å². The van der Waals surface area contributed by atoms with E-state index in [-0.39, 0.29) is 6.41 Å². The summed E-state index contributed by atoms with van der Waals surface area (Å²) in [5, 5.41) is 16.9. The van der Waals surface area contributed by atoms with Crippen molar-refractivity contribution in [1.29, 1.82) is 5.26 Å². The highest BCUT2D eigenvalue weighted by atomic mass is 79.9. The molecule has 146 valence electrons. The Morgan fingerprint density at radius 2 is 2.10 bits per heavy atom. The number of anilines is 1. The molecule has 10 nitrogen and oxygen atoms in total. The molecule has 0 saturated heterocycles. The summed E-state index contributed by atoms with van der Waals surface area (Å²) in [6.07, 6.45) is 3.31. The van der Waals surface area contributed by atoms with Gasteiger partial charge in [0.1, 0.15) is 18.0 Å². The predicted molar refractivity (Wildman–Crippen MR) is 111 cm³/mol. The molecule has 2 aromatic heterocycles. The minimum atomic E-state index is -0.897. The summed E-state index contributed by atoms with van der Waals surface area (Å²) in [6, 6.07) is 6.82. The van der Waals surface area contributed by atoms with Crippen molar-refractivity contribution in [2.45, 2.75) is 0 Å². The predicted octanol–water partition coefficient (Wildman–Crippen LogP) is 2.86. The third-order valence-electron chi connectivity index (χ3n) is 3.63. The number of amides is 2. The number of fused-ring (bicyclic) bond motifs is 1. The Balaban J connectivity index is 1.91. The molecule has 0 radical (unpaired) electrons. The maximum atomic E-state index is 11.6. The SMILES string of the molecule is CN(/N=C(/C#N)C(=O)NC=O)c1cc(Br)c(Oc2ncnc3[nH]ccc23)c(Br)c1. The van der Waals surface area contributed by atoms with Gasteiger partial charge in [-0.25, -0.2) is 9.97 Å². The molecule has 0 saturated carbocycles. The van der Waals surface area contributed by atoms with Gasteiger partial charge in [0.25, 0.3) is 5.91 Å². The first kappa shape index (κ1) is 20.4. The Hall–Kier alpha value is -3.30. The summed E-state index contributed by atoms with van der Waals surface area (Å²) in [7, 11) is 1.55. The van der Waals surface area contributed by atoms with Gasteiger partial charge in [0, 0.05) is 13.2 Å². The van der Waals surface area contributed by atoms with Crippen molar-refractivity contribution in [1.82, 2.24) is 20.3 Å². The molecular formula is C17H11Br2N7O3. The summed E-state index contributed by atoms with van der Waals surface area (Å²) in [5.74, 6) is -0.0627. The van der Waals surface area contributed by atoms with Crippen LogP contribution in [-0.4, -0.2) is 40.0 Å². The fourth-order valence-corrected chi connectivity index (χ4v) is 3.63. The van der Waals surface area contributed by atoms with Crippen LogP contribution in [0.5, 0.6) is 11.6 Å². The summed E-state index contributed by atoms with van der Waals surface area (Å²) >= 11 is 6.89. The maximum absolute atomic E-state index is 11.6. The molecule has 0 aliphatic carbocycles. The van der Waals surface area contributed by atoms with Crippen LogP contribution >= 0.6 is 31.9 Å². The fourth-order valence-electron chi connectivity index (χ4n) is 2.31. The second-order valence-electron chi connectivity index (χ2n) is 5.43. The first-order valence-electron chi connectivity index (χ1n) is 7.86. The lowest BCUT2D eigenvalue weighted by Gasteiger charge is -2.17.